The first-order valence-corrected chi connectivity index (χ1v) is 13.7. The normalized spacial score (nSPS) is 21.6. The SMILES string of the molecule is C[C@]1(COCc2ccccc2)O[C@@H](n2cc(F)c(N)nc2=O)[C@H](OC(=S)Oc2ccccc2)[C@@H]1OCc1ccccc1. The predicted octanol–water partition coefficient (Wildman–Crippen LogP) is 4.80. The van der Waals surface area contributed by atoms with Crippen molar-refractivity contribution in [2.45, 2.75) is 44.2 Å². The lowest BCUT2D eigenvalue weighted by Crippen LogP contribution is -2.47. The number of para-hydroxylation sites is 1. The van der Waals surface area contributed by atoms with E-state index in [1.54, 1.807) is 31.2 Å². The lowest BCUT2D eigenvalue weighted by atomic mass is 9.97. The number of benzene rings is 3. The Balaban J connectivity index is 1.47. The first-order chi connectivity index (χ1) is 20.3. The number of thiocarbonyl (C=S) groups is 1. The van der Waals surface area contributed by atoms with Gasteiger partial charge < -0.3 is 29.4 Å². The third-order valence-corrected chi connectivity index (χ3v) is 6.91. The Bertz CT molecular complexity index is 1540. The van der Waals surface area contributed by atoms with Crippen LogP contribution in [0.15, 0.2) is 102 Å². The molecule has 1 aliphatic heterocycles. The van der Waals surface area contributed by atoms with E-state index in [1.807, 2.05) is 66.7 Å². The lowest BCUT2D eigenvalue weighted by molar-refractivity contribution is -0.147. The Morgan fingerprint density at radius 2 is 1.60 bits per heavy atom. The number of nitrogens with two attached hydrogens (primary N) is 1. The van der Waals surface area contributed by atoms with E-state index in [2.05, 4.69) is 4.98 Å². The highest BCUT2D eigenvalue weighted by atomic mass is 32.1. The first kappa shape index (κ1) is 29.3. The van der Waals surface area contributed by atoms with Crippen LogP contribution in [0.4, 0.5) is 10.2 Å². The Kier molecular flexibility index (Phi) is 9.23. The van der Waals surface area contributed by atoms with Gasteiger partial charge in [0.25, 0.3) is 0 Å². The summed E-state index contributed by atoms with van der Waals surface area (Å²) in [7, 11) is 0. The molecule has 2 N–H and O–H groups in total. The Hall–Kier alpha value is -4.16. The van der Waals surface area contributed by atoms with Crippen LogP contribution in [0.25, 0.3) is 0 Å². The summed E-state index contributed by atoms with van der Waals surface area (Å²) in [5, 5.41) is -0.237. The van der Waals surface area contributed by atoms with Crippen LogP contribution in [0.3, 0.4) is 0 Å². The highest BCUT2D eigenvalue weighted by Crippen LogP contribution is 2.41. The quantitative estimate of drug-likeness (QED) is 0.260. The summed E-state index contributed by atoms with van der Waals surface area (Å²) in [5.41, 5.74) is 5.39. The minimum atomic E-state index is -1.22. The summed E-state index contributed by atoms with van der Waals surface area (Å²) in [4.78, 5) is 16.5. The lowest BCUT2D eigenvalue weighted by Gasteiger charge is -2.31. The van der Waals surface area contributed by atoms with Crippen LogP contribution in [0, 0.1) is 5.82 Å². The molecule has 0 radical (unpaired) electrons. The summed E-state index contributed by atoms with van der Waals surface area (Å²) in [6.45, 7) is 2.31. The van der Waals surface area contributed by atoms with Gasteiger partial charge >= 0.3 is 10.9 Å². The van der Waals surface area contributed by atoms with Crippen molar-refractivity contribution in [1.29, 1.82) is 0 Å². The highest BCUT2D eigenvalue weighted by Gasteiger charge is 2.56. The number of hydrogen-bond donors (Lipinski definition) is 1. The van der Waals surface area contributed by atoms with Gasteiger partial charge in [-0.1, -0.05) is 78.9 Å². The number of nitrogen functional groups attached to an aromatic ring is 1. The average molecular weight is 592 g/mol. The Morgan fingerprint density at radius 3 is 2.24 bits per heavy atom. The number of ether oxygens (including phenoxy) is 5. The summed E-state index contributed by atoms with van der Waals surface area (Å²) >= 11 is 5.43. The second kappa shape index (κ2) is 13.2. The molecule has 5 rings (SSSR count). The maximum atomic E-state index is 14.6. The van der Waals surface area contributed by atoms with Gasteiger partial charge in [-0.3, -0.25) is 4.57 Å². The minimum Gasteiger partial charge on any atom is -0.446 e. The molecule has 1 fully saturated rings. The van der Waals surface area contributed by atoms with Crippen molar-refractivity contribution in [3.63, 3.8) is 0 Å². The van der Waals surface area contributed by atoms with Gasteiger partial charge in [0.1, 0.15) is 17.5 Å². The molecule has 1 aromatic heterocycles. The summed E-state index contributed by atoms with van der Waals surface area (Å²) in [6, 6.07) is 28.0. The van der Waals surface area contributed by atoms with Crippen LogP contribution in [-0.2, 0) is 32.2 Å². The highest BCUT2D eigenvalue weighted by molar-refractivity contribution is 7.79. The van der Waals surface area contributed by atoms with Gasteiger partial charge in [0, 0.05) is 12.2 Å². The third-order valence-electron chi connectivity index (χ3n) is 6.73. The van der Waals surface area contributed by atoms with Crippen LogP contribution in [0.5, 0.6) is 5.75 Å². The van der Waals surface area contributed by atoms with Crippen molar-refractivity contribution in [3.8, 4) is 5.75 Å². The number of nitrogens with zero attached hydrogens (tertiary/aromatic N) is 2. The molecule has 0 saturated carbocycles. The first-order valence-electron chi connectivity index (χ1n) is 13.2. The topological polar surface area (TPSA) is 107 Å². The maximum Gasteiger partial charge on any atom is 0.358 e. The molecule has 2 heterocycles. The van der Waals surface area contributed by atoms with E-state index in [9.17, 15) is 9.18 Å². The fourth-order valence-electron chi connectivity index (χ4n) is 4.70. The van der Waals surface area contributed by atoms with Crippen molar-refractivity contribution in [3.05, 3.63) is 125 Å². The fraction of sp³-hybridized carbons (Fsp3) is 0.258. The second-order valence-electron chi connectivity index (χ2n) is 9.93. The van der Waals surface area contributed by atoms with Gasteiger partial charge in [0.15, 0.2) is 24.0 Å². The molecule has 1 saturated heterocycles. The van der Waals surface area contributed by atoms with E-state index < -0.39 is 41.4 Å². The molecule has 1 aliphatic rings. The molecule has 11 heteroatoms. The largest absolute Gasteiger partial charge is 0.446 e. The smallest absolute Gasteiger partial charge is 0.358 e. The monoisotopic (exact) mass is 591 g/mol. The molecule has 0 spiro atoms. The van der Waals surface area contributed by atoms with Crippen molar-refractivity contribution in [1.82, 2.24) is 9.55 Å². The second-order valence-corrected chi connectivity index (χ2v) is 10.3. The maximum absolute atomic E-state index is 14.6. The summed E-state index contributed by atoms with van der Waals surface area (Å²) < 4.78 is 46.3. The summed E-state index contributed by atoms with van der Waals surface area (Å²) in [6.07, 6.45) is -2.22. The molecule has 218 valence electrons. The molecule has 4 aromatic rings. The zero-order valence-electron chi connectivity index (χ0n) is 22.8. The van der Waals surface area contributed by atoms with E-state index in [0.29, 0.717) is 12.4 Å². The standard InChI is InChI=1S/C31H30FN3O6S/c1-31(20-37-18-21-11-5-2-6-12-21)26(38-19-22-13-7-3-8-14-22)25(40-30(42)39-23-15-9-4-10-16-23)28(41-31)35-17-24(32)27(33)34-29(35)36/h2-17,25-26,28H,18-20H2,1H3,(H2,33,34,36)/t25-,26+,28-,31-/m1/s1. The van der Waals surface area contributed by atoms with Crippen LogP contribution >= 0.6 is 12.2 Å². The van der Waals surface area contributed by atoms with E-state index >= 15 is 0 Å². The molecular formula is C31H30FN3O6S. The Labute approximate surface area is 247 Å². The number of aromatic nitrogens is 2. The van der Waals surface area contributed by atoms with E-state index in [-0.39, 0.29) is 18.5 Å². The molecule has 0 bridgehead atoms. The van der Waals surface area contributed by atoms with Gasteiger partial charge in [-0.2, -0.15) is 4.98 Å². The molecule has 0 amide bonds. The van der Waals surface area contributed by atoms with Gasteiger partial charge in [0.05, 0.1) is 26.0 Å². The third kappa shape index (κ3) is 7.00. The average Bonchev–Trinajstić information content (AvgIpc) is 3.25. The van der Waals surface area contributed by atoms with E-state index in [1.165, 1.54) is 0 Å². The molecule has 0 aliphatic carbocycles. The minimum absolute atomic E-state index is 0.0453. The van der Waals surface area contributed by atoms with Crippen molar-refractivity contribution in [2.75, 3.05) is 12.3 Å². The molecule has 0 unspecified atom stereocenters. The number of halogens is 1. The number of rotatable bonds is 10. The molecule has 9 nitrogen and oxygen atoms in total. The molecule has 4 atom stereocenters. The van der Waals surface area contributed by atoms with Crippen LogP contribution < -0.4 is 16.2 Å². The van der Waals surface area contributed by atoms with Gasteiger partial charge in [-0.05, 0) is 30.2 Å². The number of hydrogen-bond acceptors (Lipinski definition) is 9. The zero-order chi connectivity index (χ0) is 29.5. The van der Waals surface area contributed by atoms with E-state index in [0.717, 1.165) is 21.9 Å². The van der Waals surface area contributed by atoms with Crippen molar-refractivity contribution >= 4 is 23.3 Å². The van der Waals surface area contributed by atoms with Crippen molar-refractivity contribution < 1.29 is 28.1 Å². The molecular weight excluding hydrogens is 561 g/mol. The van der Waals surface area contributed by atoms with Crippen LogP contribution in [0.2, 0.25) is 0 Å². The zero-order valence-corrected chi connectivity index (χ0v) is 23.6. The van der Waals surface area contributed by atoms with E-state index in [4.69, 9.17) is 41.6 Å². The van der Waals surface area contributed by atoms with Gasteiger partial charge in [-0.15, -0.1) is 0 Å². The van der Waals surface area contributed by atoms with Crippen molar-refractivity contribution in [2.24, 2.45) is 0 Å². The van der Waals surface area contributed by atoms with Gasteiger partial charge in [-0.25, -0.2) is 9.18 Å². The fourth-order valence-corrected chi connectivity index (χ4v) is 4.90. The Morgan fingerprint density at radius 1 is 1.00 bits per heavy atom. The van der Waals surface area contributed by atoms with Crippen LogP contribution in [-0.4, -0.2) is 39.2 Å². The molecule has 3 aromatic carbocycles. The molecule has 42 heavy (non-hydrogen) atoms. The summed E-state index contributed by atoms with van der Waals surface area (Å²) in [5.74, 6) is -0.970. The number of anilines is 1. The predicted molar refractivity (Wildman–Crippen MR) is 157 cm³/mol. The van der Waals surface area contributed by atoms with Crippen LogP contribution in [0.1, 0.15) is 24.3 Å². The van der Waals surface area contributed by atoms with Gasteiger partial charge in [0.2, 0.25) is 0 Å².